The lowest BCUT2D eigenvalue weighted by Gasteiger charge is -2.49. The van der Waals surface area contributed by atoms with Crippen LogP contribution in [0.3, 0.4) is 0 Å². The van der Waals surface area contributed by atoms with Gasteiger partial charge in [-0.25, -0.2) is 0 Å². The summed E-state index contributed by atoms with van der Waals surface area (Å²) in [5.41, 5.74) is 0.235. The molecule has 0 bridgehead atoms. The van der Waals surface area contributed by atoms with Crippen LogP contribution in [0.1, 0.15) is 45.4 Å². The zero-order chi connectivity index (χ0) is 11.6. The molecule has 1 aliphatic carbocycles. The van der Waals surface area contributed by atoms with Crippen molar-refractivity contribution in [3.8, 4) is 0 Å². The van der Waals surface area contributed by atoms with Crippen LogP contribution < -0.4 is 0 Å². The van der Waals surface area contributed by atoms with Crippen molar-refractivity contribution in [2.45, 2.75) is 70.2 Å². The van der Waals surface area contributed by atoms with E-state index >= 15 is 0 Å². The molecule has 0 aromatic heterocycles. The summed E-state index contributed by atoms with van der Waals surface area (Å²) in [5, 5.41) is 0. The van der Waals surface area contributed by atoms with Crippen LogP contribution in [-0.4, -0.2) is 13.9 Å². The highest BCUT2D eigenvalue weighted by atomic mass is 28.4. The second kappa shape index (κ2) is 4.65. The molecule has 2 atom stereocenters. The minimum Gasteiger partial charge on any atom is -0.412 e. The summed E-state index contributed by atoms with van der Waals surface area (Å²) in [7, 11) is -1.35. The van der Waals surface area contributed by atoms with Crippen molar-refractivity contribution in [1.29, 1.82) is 0 Å². The molecular formula is C14H26OSi. The highest BCUT2D eigenvalue weighted by Crippen LogP contribution is 2.44. The van der Waals surface area contributed by atoms with E-state index in [2.05, 4.69) is 32.2 Å². The van der Waals surface area contributed by atoms with Crippen molar-refractivity contribution in [1.82, 2.24) is 0 Å². The van der Waals surface area contributed by atoms with Gasteiger partial charge in [-0.2, -0.15) is 0 Å². The molecule has 2 aliphatic rings. The molecule has 16 heavy (non-hydrogen) atoms. The Balaban J connectivity index is 2.14. The molecule has 1 saturated heterocycles. The first-order valence-corrected chi connectivity index (χ1v) is 10.0. The maximum atomic E-state index is 6.66. The zero-order valence-electron chi connectivity index (χ0n) is 11.1. The topological polar surface area (TPSA) is 9.23 Å². The molecular weight excluding hydrogens is 212 g/mol. The van der Waals surface area contributed by atoms with Gasteiger partial charge in [-0.05, 0) is 57.2 Å². The smallest absolute Gasteiger partial charge is 0.187 e. The molecule has 0 aromatic rings. The van der Waals surface area contributed by atoms with Crippen molar-refractivity contribution in [3.63, 3.8) is 0 Å². The molecule has 0 saturated carbocycles. The number of allylic oxidation sites excluding steroid dienone is 2. The average Bonchev–Trinajstić information content (AvgIpc) is 2.29. The molecule has 1 aliphatic heterocycles. The molecule has 0 spiro atoms. The van der Waals surface area contributed by atoms with E-state index < -0.39 is 8.32 Å². The molecule has 2 rings (SSSR count). The van der Waals surface area contributed by atoms with Crippen LogP contribution in [-0.2, 0) is 4.43 Å². The van der Waals surface area contributed by atoms with Gasteiger partial charge in [0.25, 0.3) is 0 Å². The van der Waals surface area contributed by atoms with Gasteiger partial charge in [-0.15, -0.1) is 0 Å². The quantitative estimate of drug-likeness (QED) is 0.508. The summed E-state index contributed by atoms with van der Waals surface area (Å²) in [6.07, 6.45) is 12.5. The van der Waals surface area contributed by atoms with Gasteiger partial charge in [0.05, 0.1) is 5.60 Å². The van der Waals surface area contributed by atoms with Gasteiger partial charge in [0.2, 0.25) is 0 Å². The first kappa shape index (κ1) is 12.4. The summed E-state index contributed by atoms with van der Waals surface area (Å²) >= 11 is 0. The Labute approximate surface area is 101 Å². The van der Waals surface area contributed by atoms with Crippen molar-refractivity contribution < 1.29 is 4.43 Å². The maximum Gasteiger partial charge on any atom is 0.187 e. The molecule has 1 heterocycles. The van der Waals surface area contributed by atoms with Gasteiger partial charge < -0.3 is 4.43 Å². The van der Waals surface area contributed by atoms with E-state index in [1.165, 1.54) is 44.6 Å². The Morgan fingerprint density at radius 1 is 1.38 bits per heavy atom. The lowest BCUT2D eigenvalue weighted by atomic mass is 9.75. The predicted octanol–water partition coefficient (Wildman–Crippen LogP) is 4.51. The Morgan fingerprint density at radius 3 is 2.75 bits per heavy atom. The normalized spacial score (nSPS) is 38.6. The summed E-state index contributed by atoms with van der Waals surface area (Å²) in [5.74, 6) is 0.787. The number of rotatable bonds is 2. The lowest BCUT2D eigenvalue weighted by molar-refractivity contribution is -0.0286. The number of hydrogen-bond donors (Lipinski definition) is 0. The highest BCUT2D eigenvalue weighted by molar-refractivity contribution is 6.71. The van der Waals surface area contributed by atoms with E-state index in [1.54, 1.807) is 0 Å². The highest BCUT2D eigenvalue weighted by Gasteiger charge is 2.45. The summed E-state index contributed by atoms with van der Waals surface area (Å²) in [4.78, 5) is 0. The van der Waals surface area contributed by atoms with Gasteiger partial charge in [0, 0.05) is 0 Å². The Bertz CT molecular complexity index is 272. The largest absolute Gasteiger partial charge is 0.412 e. The fourth-order valence-electron chi connectivity index (χ4n) is 3.56. The monoisotopic (exact) mass is 238 g/mol. The molecule has 0 radical (unpaired) electrons. The first-order chi connectivity index (χ1) is 7.58. The minimum absolute atomic E-state index is 0.235. The van der Waals surface area contributed by atoms with E-state index in [9.17, 15) is 0 Å². The lowest BCUT2D eigenvalue weighted by Crippen LogP contribution is -2.52. The van der Waals surface area contributed by atoms with Crippen molar-refractivity contribution in [3.05, 3.63) is 12.2 Å². The second-order valence-corrected chi connectivity index (χ2v) is 10.3. The van der Waals surface area contributed by atoms with Gasteiger partial charge in [0.1, 0.15) is 0 Å². The molecule has 0 amide bonds. The van der Waals surface area contributed by atoms with E-state index in [-0.39, 0.29) is 5.60 Å². The third kappa shape index (κ3) is 2.43. The van der Waals surface area contributed by atoms with Crippen molar-refractivity contribution >= 4 is 8.32 Å². The van der Waals surface area contributed by atoms with Gasteiger partial charge in [-0.3, -0.25) is 0 Å². The Kier molecular flexibility index (Phi) is 3.60. The van der Waals surface area contributed by atoms with Crippen LogP contribution in [0, 0.1) is 5.92 Å². The van der Waals surface area contributed by atoms with Crippen molar-refractivity contribution in [2.24, 2.45) is 5.92 Å². The SMILES string of the molecule is CCC1(C2CC=CCC2)CCC[Si](C)(C)O1. The summed E-state index contributed by atoms with van der Waals surface area (Å²) in [6.45, 7) is 7.12. The summed E-state index contributed by atoms with van der Waals surface area (Å²) < 4.78 is 6.66. The van der Waals surface area contributed by atoms with Crippen LogP contribution in [0.15, 0.2) is 12.2 Å². The van der Waals surface area contributed by atoms with E-state index in [0.29, 0.717) is 0 Å². The van der Waals surface area contributed by atoms with Gasteiger partial charge in [0.15, 0.2) is 8.32 Å². The zero-order valence-corrected chi connectivity index (χ0v) is 12.1. The van der Waals surface area contributed by atoms with Crippen LogP contribution in [0.25, 0.3) is 0 Å². The van der Waals surface area contributed by atoms with Crippen LogP contribution in [0.5, 0.6) is 0 Å². The first-order valence-electron chi connectivity index (χ1n) is 6.93. The Morgan fingerprint density at radius 2 is 2.19 bits per heavy atom. The Hall–Kier alpha value is -0.0831. The van der Waals surface area contributed by atoms with Crippen LogP contribution in [0.4, 0.5) is 0 Å². The average molecular weight is 238 g/mol. The fraction of sp³-hybridized carbons (Fsp3) is 0.857. The maximum absolute atomic E-state index is 6.66. The van der Waals surface area contributed by atoms with Crippen LogP contribution >= 0.6 is 0 Å². The molecule has 2 heteroatoms. The van der Waals surface area contributed by atoms with Crippen molar-refractivity contribution in [2.75, 3.05) is 0 Å². The molecule has 0 aromatic carbocycles. The third-order valence-electron chi connectivity index (χ3n) is 4.47. The van der Waals surface area contributed by atoms with E-state index in [1.807, 2.05) is 0 Å². The predicted molar refractivity (Wildman–Crippen MR) is 72.1 cm³/mol. The minimum atomic E-state index is -1.35. The standard InChI is InChI=1S/C14H26OSi/c1-4-14(13-9-6-5-7-10-13)11-8-12-16(2,3)15-14/h5-6,13H,4,7-12H2,1-3H3. The fourth-order valence-corrected chi connectivity index (χ4v) is 6.21. The summed E-state index contributed by atoms with van der Waals surface area (Å²) in [6, 6.07) is 1.36. The molecule has 92 valence electrons. The number of hydrogen-bond acceptors (Lipinski definition) is 1. The van der Waals surface area contributed by atoms with Gasteiger partial charge in [-0.1, -0.05) is 25.5 Å². The molecule has 2 unspecified atom stereocenters. The van der Waals surface area contributed by atoms with E-state index in [0.717, 1.165) is 5.92 Å². The molecule has 1 nitrogen and oxygen atoms in total. The van der Waals surface area contributed by atoms with Crippen LogP contribution in [0.2, 0.25) is 19.1 Å². The van der Waals surface area contributed by atoms with E-state index in [4.69, 9.17) is 4.43 Å². The molecule has 1 fully saturated rings. The van der Waals surface area contributed by atoms with Gasteiger partial charge >= 0.3 is 0 Å². The third-order valence-corrected chi connectivity index (χ3v) is 6.99. The molecule has 0 N–H and O–H groups in total. The second-order valence-electron chi connectivity index (χ2n) is 6.12.